The maximum atomic E-state index is 5.60. The highest BCUT2D eigenvalue weighted by Gasteiger charge is 2.27. The molecule has 3 aromatic carbocycles. The third-order valence-electron chi connectivity index (χ3n) is 6.46. The van der Waals surface area contributed by atoms with Crippen molar-refractivity contribution >= 4 is 16.6 Å². The van der Waals surface area contributed by atoms with E-state index in [0.717, 1.165) is 43.2 Å². The first kappa shape index (κ1) is 21.3. The second-order valence-electron chi connectivity index (χ2n) is 8.34. The average molecular weight is 440 g/mol. The van der Waals surface area contributed by atoms with Crippen LogP contribution in [0.1, 0.15) is 17.2 Å². The van der Waals surface area contributed by atoms with Crippen molar-refractivity contribution in [2.45, 2.75) is 6.04 Å². The van der Waals surface area contributed by atoms with Crippen LogP contribution in [-0.2, 0) is 0 Å². The zero-order valence-electron chi connectivity index (χ0n) is 19.1. The minimum absolute atomic E-state index is 0.155. The minimum atomic E-state index is 0.155. The molecule has 1 unspecified atom stereocenters. The molecule has 0 amide bonds. The first-order valence-electron chi connectivity index (χ1n) is 11.4. The number of methoxy groups -OCH3 is 2. The predicted octanol–water partition coefficient (Wildman–Crippen LogP) is 5.16. The molecule has 1 aromatic heterocycles. The first-order valence-corrected chi connectivity index (χ1v) is 11.4. The summed E-state index contributed by atoms with van der Waals surface area (Å²) in [5.74, 6) is 1.51. The van der Waals surface area contributed by atoms with E-state index in [0.29, 0.717) is 0 Å². The highest BCUT2D eigenvalue weighted by molar-refractivity contribution is 5.81. The Hall–Kier alpha value is -3.57. The van der Waals surface area contributed by atoms with Gasteiger partial charge in [-0.05, 0) is 35.4 Å². The molecule has 4 aromatic rings. The Morgan fingerprint density at radius 3 is 2.21 bits per heavy atom. The third kappa shape index (κ3) is 4.37. The van der Waals surface area contributed by atoms with E-state index in [1.807, 2.05) is 18.3 Å². The van der Waals surface area contributed by atoms with Gasteiger partial charge in [-0.15, -0.1) is 0 Å². The maximum absolute atomic E-state index is 5.60. The number of pyridine rings is 1. The van der Waals surface area contributed by atoms with Crippen LogP contribution in [0.15, 0.2) is 85.1 Å². The Morgan fingerprint density at radius 2 is 1.45 bits per heavy atom. The van der Waals surface area contributed by atoms with Crippen LogP contribution >= 0.6 is 0 Å². The van der Waals surface area contributed by atoms with Gasteiger partial charge in [-0.1, -0.05) is 54.6 Å². The number of hydrogen-bond acceptors (Lipinski definition) is 5. The van der Waals surface area contributed by atoms with Crippen LogP contribution in [-0.4, -0.2) is 50.3 Å². The number of aromatic nitrogens is 1. The number of benzene rings is 3. The molecule has 0 spiro atoms. The Morgan fingerprint density at radius 1 is 0.727 bits per heavy atom. The summed E-state index contributed by atoms with van der Waals surface area (Å²) in [6.45, 7) is 3.83. The van der Waals surface area contributed by atoms with Crippen molar-refractivity contribution < 1.29 is 9.47 Å². The standard InChI is InChI=1S/C28H29N3O2/c1-32-26-13-12-23(19-27(26)33-2)28(21-8-4-3-5-9-21)31-16-14-30(15-17-31)24-18-22-10-6-7-11-25(22)29-20-24/h3-13,18-20,28H,14-17H2,1-2H3. The van der Waals surface area contributed by atoms with Gasteiger partial charge in [0.05, 0.1) is 37.7 Å². The van der Waals surface area contributed by atoms with Crippen LogP contribution < -0.4 is 14.4 Å². The van der Waals surface area contributed by atoms with Crippen molar-refractivity contribution in [1.29, 1.82) is 0 Å². The lowest BCUT2D eigenvalue weighted by atomic mass is 9.96. The molecule has 1 aliphatic rings. The summed E-state index contributed by atoms with van der Waals surface area (Å²) in [5, 5.41) is 1.19. The van der Waals surface area contributed by atoms with Crippen molar-refractivity contribution in [1.82, 2.24) is 9.88 Å². The van der Waals surface area contributed by atoms with Crippen LogP contribution in [0.2, 0.25) is 0 Å². The highest BCUT2D eigenvalue weighted by atomic mass is 16.5. The van der Waals surface area contributed by atoms with E-state index in [2.05, 4.69) is 81.5 Å². The molecule has 0 radical (unpaired) electrons. The summed E-state index contributed by atoms with van der Waals surface area (Å²) in [5.41, 5.74) is 4.72. The molecule has 5 heteroatoms. The van der Waals surface area contributed by atoms with E-state index in [1.165, 1.54) is 22.2 Å². The summed E-state index contributed by atoms with van der Waals surface area (Å²) in [7, 11) is 3.36. The van der Waals surface area contributed by atoms with Crippen molar-refractivity contribution in [3.8, 4) is 11.5 Å². The van der Waals surface area contributed by atoms with E-state index in [4.69, 9.17) is 9.47 Å². The monoisotopic (exact) mass is 439 g/mol. The molecule has 0 aliphatic carbocycles. The van der Waals surface area contributed by atoms with E-state index in [-0.39, 0.29) is 6.04 Å². The maximum Gasteiger partial charge on any atom is 0.161 e. The number of ether oxygens (including phenoxy) is 2. The number of piperazine rings is 1. The smallest absolute Gasteiger partial charge is 0.161 e. The van der Waals surface area contributed by atoms with Crippen LogP contribution in [0.5, 0.6) is 11.5 Å². The number of hydrogen-bond donors (Lipinski definition) is 0. The Labute approximate surface area is 195 Å². The summed E-state index contributed by atoms with van der Waals surface area (Å²) in [6, 6.07) is 27.7. The molecule has 0 N–H and O–H groups in total. The minimum Gasteiger partial charge on any atom is -0.493 e. The average Bonchev–Trinajstić information content (AvgIpc) is 2.89. The van der Waals surface area contributed by atoms with Gasteiger partial charge >= 0.3 is 0 Å². The number of anilines is 1. The normalized spacial score (nSPS) is 15.4. The largest absolute Gasteiger partial charge is 0.493 e. The summed E-state index contributed by atoms with van der Waals surface area (Å²) < 4.78 is 11.1. The van der Waals surface area contributed by atoms with Gasteiger partial charge in [0.15, 0.2) is 11.5 Å². The Kier molecular flexibility index (Phi) is 6.13. The van der Waals surface area contributed by atoms with Gasteiger partial charge in [0.1, 0.15) is 0 Å². The highest BCUT2D eigenvalue weighted by Crippen LogP contribution is 2.36. The molecule has 5 rings (SSSR count). The Balaban J connectivity index is 1.40. The lowest BCUT2D eigenvalue weighted by Crippen LogP contribution is -2.48. The van der Waals surface area contributed by atoms with Crippen LogP contribution in [0.25, 0.3) is 10.9 Å². The van der Waals surface area contributed by atoms with Crippen LogP contribution in [0.3, 0.4) is 0 Å². The van der Waals surface area contributed by atoms with E-state index in [9.17, 15) is 0 Å². The van der Waals surface area contributed by atoms with E-state index >= 15 is 0 Å². The second kappa shape index (κ2) is 9.51. The topological polar surface area (TPSA) is 37.8 Å². The molecule has 168 valence electrons. The fraction of sp³-hybridized carbons (Fsp3) is 0.250. The van der Waals surface area contributed by atoms with Crippen molar-refractivity contribution in [2.24, 2.45) is 0 Å². The number of rotatable bonds is 6. The molecule has 0 saturated carbocycles. The van der Waals surface area contributed by atoms with E-state index < -0.39 is 0 Å². The van der Waals surface area contributed by atoms with Gasteiger partial charge < -0.3 is 14.4 Å². The molecule has 2 heterocycles. The van der Waals surface area contributed by atoms with Crippen LogP contribution in [0.4, 0.5) is 5.69 Å². The van der Waals surface area contributed by atoms with Gasteiger partial charge in [-0.3, -0.25) is 9.88 Å². The lowest BCUT2D eigenvalue weighted by Gasteiger charge is -2.40. The Bertz CT molecular complexity index is 1220. The first-order chi connectivity index (χ1) is 16.3. The predicted molar refractivity (Wildman–Crippen MR) is 133 cm³/mol. The molecule has 1 atom stereocenters. The van der Waals surface area contributed by atoms with Crippen molar-refractivity contribution in [3.05, 3.63) is 96.2 Å². The molecule has 0 bridgehead atoms. The molecule has 5 nitrogen and oxygen atoms in total. The zero-order valence-corrected chi connectivity index (χ0v) is 19.1. The fourth-order valence-corrected chi connectivity index (χ4v) is 4.74. The van der Waals surface area contributed by atoms with Gasteiger partial charge in [0.2, 0.25) is 0 Å². The second-order valence-corrected chi connectivity index (χ2v) is 8.34. The van der Waals surface area contributed by atoms with Gasteiger partial charge in [-0.2, -0.15) is 0 Å². The molecule has 33 heavy (non-hydrogen) atoms. The lowest BCUT2D eigenvalue weighted by molar-refractivity contribution is 0.212. The molecular formula is C28H29N3O2. The van der Waals surface area contributed by atoms with Crippen molar-refractivity contribution in [3.63, 3.8) is 0 Å². The summed E-state index contributed by atoms with van der Waals surface area (Å²) >= 11 is 0. The van der Waals surface area contributed by atoms with Gasteiger partial charge in [0.25, 0.3) is 0 Å². The third-order valence-corrected chi connectivity index (χ3v) is 6.46. The number of nitrogens with zero attached hydrogens (tertiary/aromatic N) is 3. The SMILES string of the molecule is COc1ccc(C(c2ccccc2)N2CCN(c3cnc4ccccc4c3)CC2)cc1OC. The fourth-order valence-electron chi connectivity index (χ4n) is 4.74. The van der Waals surface area contributed by atoms with Gasteiger partial charge in [-0.25, -0.2) is 0 Å². The number of para-hydroxylation sites is 1. The number of fused-ring (bicyclic) bond motifs is 1. The van der Waals surface area contributed by atoms with Crippen LogP contribution in [0, 0.1) is 0 Å². The van der Waals surface area contributed by atoms with E-state index in [1.54, 1.807) is 14.2 Å². The zero-order chi connectivity index (χ0) is 22.6. The summed E-state index contributed by atoms with van der Waals surface area (Å²) in [4.78, 5) is 9.65. The molecule has 1 aliphatic heterocycles. The molecule has 1 fully saturated rings. The summed E-state index contributed by atoms with van der Waals surface area (Å²) in [6.07, 6.45) is 2.00. The van der Waals surface area contributed by atoms with Gasteiger partial charge in [0, 0.05) is 31.6 Å². The quantitative estimate of drug-likeness (QED) is 0.415. The molecular weight excluding hydrogens is 410 g/mol. The van der Waals surface area contributed by atoms with Crippen molar-refractivity contribution in [2.75, 3.05) is 45.3 Å². The molecule has 1 saturated heterocycles.